The third kappa shape index (κ3) is 8.32. The van der Waals surface area contributed by atoms with Gasteiger partial charge in [-0.25, -0.2) is 8.42 Å². The quantitative estimate of drug-likeness (QED) is 0.190. The Kier molecular flexibility index (Phi) is 10.6. The maximum absolute atomic E-state index is 14.5. The number of nitrogens with zero attached hydrogens (tertiary/aromatic N) is 2. The molecule has 1 atom stereocenters. The Balaban J connectivity index is 1.54. The van der Waals surface area contributed by atoms with E-state index < -0.39 is 28.5 Å². The van der Waals surface area contributed by atoms with Gasteiger partial charge < -0.3 is 10.2 Å². The fraction of sp³-hybridized carbons (Fsp3) is 0.278. The molecule has 2 amide bonds. The summed E-state index contributed by atoms with van der Waals surface area (Å²) in [5, 5.41) is 3.60. The van der Waals surface area contributed by atoms with Crippen LogP contribution in [0.25, 0.3) is 0 Å². The minimum absolute atomic E-state index is 0.00782. The van der Waals surface area contributed by atoms with E-state index in [1.807, 2.05) is 61.5 Å². The molecule has 9 heteroatoms. The first-order chi connectivity index (χ1) is 21.7. The lowest BCUT2D eigenvalue weighted by molar-refractivity contribution is -0.140. The van der Waals surface area contributed by atoms with Crippen molar-refractivity contribution in [3.05, 3.63) is 131 Å². The molecular weight excluding hydrogens is 606 g/mol. The van der Waals surface area contributed by atoms with Crippen molar-refractivity contribution >= 4 is 39.1 Å². The van der Waals surface area contributed by atoms with Crippen LogP contribution in [0.1, 0.15) is 42.4 Å². The van der Waals surface area contributed by atoms with E-state index in [0.29, 0.717) is 10.7 Å². The molecule has 0 radical (unpaired) electrons. The molecule has 0 unspecified atom stereocenters. The molecule has 0 heterocycles. The fourth-order valence-corrected chi connectivity index (χ4v) is 7.21. The van der Waals surface area contributed by atoms with Crippen molar-refractivity contribution in [2.75, 3.05) is 10.8 Å². The molecule has 0 bridgehead atoms. The highest BCUT2D eigenvalue weighted by molar-refractivity contribution is 7.92. The molecule has 1 saturated carbocycles. The zero-order valence-electron chi connectivity index (χ0n) is 25.3. The summed E-state index contributed by atoms with van der Waals surface area (Å²) in [6.07, 6.45) is 4.18. The van der Waals surface area contributed by atoms with E-state index in [-0.39, 0.29) is 29.8 Å². The zero-order chi connectivity index (χ0) is 31.8. The largest absolute Gasteiger partial charge is 0.352 e. The monoisotopic (exact) mass is 643 g/mol. The number of aryl methyl sites for hydroxylation is 1. The maximum atomic E-state index is 14.5. The van der Waals surface area contributed by atoms with Gasteiger partial charge in [0.05, 0.1) is 10.6 Å². The number of nitrogens with one attached hydrogen (secondary N) is 1. The van der Waals surface area contributed by atoms with Gasteiger partial charge in [0, 0.05) is 24.0 Å². The number of sulfonamides is 1. The molecule has 45 heavy (non-hydrogen) atoms. The smallest absolute Gasteiger partial charge is 0.264 e. The molecule has 0 spiro atoms. The third-order valence-electron chi connectivity index (χ3n) is 8.17. The second-order valence-corrected chi connectivity index (χ2v) is 13.8. The van der Waals surface area contributed by atoms with Crippen LogP contribution in [0.15, 0.2) is 114 Å². The topological polar surface area (TPSA) is 86.8 Å². The van der Waals surface area contributed by atoms with Crippen LogP contribution in [0.5, 0.6) is 0 Å². The third-order valence-corrected chi connectivity index (χ3v) is 10.2. The molecule has 4 aromatic rings. The summed E-state index contributed by atoms with van der Waals surface area (Å²) in [5.41, 5.74) is 3.15. The van der Waals surface area contributed by atoms with E-state index in [0.717, 1.165) is 46.7 Å². The van der Waals surface area contributed by atoms with E-state index in [4.69, 9.17) is 11.6 Å². The minimum atomic E-state index is -4.17. The number of hydrogen-bond donors (Lipinski definition) is 1. The number of carbonyl (C=O) groups is 2. The van der Waals surface area contributed by atoms with Crippen LogP contribution >= 0.6 is 11.6 Å². The molecule has 234 valence electrons. The van der Waals surface area contributed by atoms with Crippen LogP contribution in [0.4, 0.5) is 5.69 Å². The molecule has 1 aliphatic rings. The zero-order valence-corrected chi connectivity index (χ0v) is 26.9. The number of anilines is 1. The number of benzene rings is 4. The Morgan fingerprint density at radius 2 is 1.42 bits per heavy atom. The van der Waals surface area contributed by atoms with E-state index in [1.54, 1.807) is 30.3 Å². The van der Waals surface area contributed by atoms with Gasteiger partial charge in [-0.05, 0) is 67.3 Å². The Bertz CT molecular complexity index is 1680. The van der Waals surface area contributed by atoms with Crippen LogP contribution in [0.3, 0.4) is 0 Å². The molecule has 1 N–H and O–H groups in total. The molecule has 5 rings (SSSR count). The summed E-state index contributed by atoms with van der Waals surface area (Å²) in [5.74, 6) is -0.725. The predicted octanol–water partition coefficient (Wildman–Crippen LogP) is 6.54. The van der Waals surface area contributed by atoms with Crippen molar-refractivity contribution < 1.29 is 18.0 Å². The van der Waals surface area contributed by atoms with Gasteiger partial charge in [0.25, 0.3) is 10.0 Å². The molecule has 1 fully saturated rings. The van der Waals surface area contributed by atoms with Gasteiger partial charge in [-0.2, -0.15) is 0 Å². The standard InChI is InChI=1S/C36H38ClN3O4S/c1-27-16-18-29(19-17-27)25-39(34(24-28-10-4-2-5-11-28)36(42)38-31-12-8-9-13-31)35(41)26-40(32-14-6-3-7-15-32)45(43,44)33-22-20-30(37)21-23-33/h2-7,10-11,14-23,31,34H,8-9,12-13,24-26H2,1H3,(H,38,42)/t34-/m0/s1. The van der Waals surface area contributed by atoms with Crippen LogP contribution in [-0.4, -0.2) is 43.8 Å². The Morgan fingerprint density at radius 3 is 2.04 bits per heavy atom. The second kappa shape index (κ2) is 14.8. The average molecular weight is 644 g/mol. The van der Waals surface area contributed by atoms with Crippen molar-refractivity contribution in [3.8, 4) is 0 Å². The summed E-state index contributed by atoms with van der Waals surface area (Å²) >= 11 is 6.06. The van der Waals surface area contributed by atoms with E-state index in [2.05, 4.69) is 5.32 Å². The van der Waals surface area contributed by atoms with Crippen molar-refractivity contribution in [1.82, 2.24) is 10.2 Å². The van der Waals surface area contributed by atoms with Crippen LogP contribution in [0.2, 0.25) is 5.02 Å². The molecule has 0 saturated heterocycles. The highest BCUT2D eigenvalue weighted by Crippen LogP contribution is 2.26. The Hall–Kier alpha value is -4.14. The summed E-state index contributed by atoms with van der Waals surface area (Å²) < 4.78 is 29.2. The summed E-state index contributed by atoms with van der Waals surface area (Å²) in [4.78, 5) is 30.1. The van der Waals surface area contributed by atoms with E-state index in [9.17, 15) is 18.0 Å². The van der Waals surface area contributed by atoms with Gasteiger partial charge >= 0.3 is 0 Å². The molecular formula is C36H38ClN3O4S. The summed E-state index contributed by atoms with van der Waals surface area (Å²) in [6.45, 7) is 1.63. The first-order valence-electron chi connectivity index (χ1n) is 15.2. The molecule has 1 aliphatic carbocycles. The SMILES string of the molecule is Cc1ccc(CN(C(=O)CN(c2ccccc2)S(=O)(=O)c2ccc(Cl)cc2)[C@@H](Cc2ccccc2)C(=O)NC2CCCC2)cc1. The molecule has 4 aromatic carbocycles. The summed E-state index contributed by atoms with van der Waals surface area (Å²) in [7, 11) is -4.17. The Labute approximate surface area is 270 Å². The van der Waals surface area contributed by atoms with E-state index in [1.165, 1.54) is 29.2 Å². The number of carbonyl (C=O) groups excluding carboxylic acids is 2. The van der Waals surface area contributed by atoms with Gasteiger partial charge in [-0.1, -0.05) is 103 Å². The minimum Gasteiger partial charge on any atom is -0.352 e. The van der Waals surface area contributed by atoms with Gasteiger partial charge in [0.15, 0.2) is 0 Å². The van der Waals surface area contributed by atoms with Crippen LogP contribution < -0.4 is 9.62 Å². The number of halogens is 1. The van der Waals surface area contributed by atoms with E-state index >= 15 is 0 Å². The van der Waals surface area contributed by atoms with Crippen molar-refractivity contribution in [1.29, 1.82) is 0 Å². The number of para-hydroxylation sites is 1. The highest BCUT2D eigenvalue weighted by atomic mass is 35.5. The molecule has 7 nitrogen and oxygen atoms in total. The lowest BCUT2D eigenvalue weighted by Gasteiger charge is -2.34. The lowest BCUT2D eigenvalue weighted by Crippen LogP contribution is -2.54. The lowest BCUT2D eigenvalue weighted by atomic mass is 10.0. The van der Waals surface area contributed by atoms with Gasteiger partial charge in [-0.15, -0.1) is 0 Å². The van der Waals surface area contributed by atoms with Crippen molar-refractivity contribution in [2.45, 2.75) is 62.6 Å². The first-order valence-corrected chi connectivity index (χ1v) is 17.1. The maximum Gasteiger partial charge on any atom is 0.264 e. The fourth-order valence-electron chi connectivity index (χ4n) is 5.67. The average Bonchev–Trinajstić information content (AvgIpc) is 3.56. The number of hydrogen-bond acceptors (Lipinski definition) is 4. The van der Waals surface area contributed by atoms with Crippen molar-refractivity contribution in [3.63, 3.8) is 0 Å². The predicted molar refractivity (Wildman–Crippen MR) is 178 cm³/mol. The molecule has 0 aromatic heterocycles. The number of rotatable bonds is 12. The normalized spacial score (nSPS) is 14.1. The highest BCUT2D eigenvalue weighted by Gasteiger charge is 2.35. The Morgan fingerprint density at radius 1 is 0.822 bits per heavy atom. The van der Waals surface area contributed by atoms with Crippen LogP contribution in [0, 0.1) is 6.92 Å². The van der Waals surface area contributed by atoms with Crippen molar-refractivity contribution in [2.24, 2.45) is 0 Å². The van der Waals surface area contributed by atoms with Crippen LogP contribution in [-0.2, 0) is 32.6 Å². The van der Waals surface area contributed by atoms with Gasteiger partial charge in [0.1, 0.15) is 12.6 Å². The van der Waals surface area contributed by atoms with Gasteiger partial charge in [0.2, 0.25) is 11.8 Å². The first kappa shape index (κ1) is 32.3. The second-order valence-electron chi connectivity index (χ2n) is 11.5. The summed E-state index contributed by atoms with van der Waals surface area (Å²) in [6, 6.07) is 31.0. The molecule has 0 aliphatic heterocycles. The van der Waals surface area contributed by atoms with Gasteiger partial charge in [-0.3, -0.25) is 13.9 Å². The number of amides is 2.